The predicted molar refractivity (Wildman–Crippen MR) is 99.5 cm³/mol. The van der Waals surface area contributed by atoms with Crippen LogP contribution >= 0.6 is 0 Å². The maximum atomic E-state index is 14.4. The Bertz CT molecular complexity index is 769. The highest BCUT2D eigenvalue weighted by atomic mass is 19.1. The topological polar surface area (TPSA) is 50.4 Å². The van der Waals surface area contributed by atoms with E-state index in [0.717, 1.165) is 18.4 Å². The number of halogens is 1. The van der Waals surface area contributed by atoms with Gasteiger partial charge in [-0.3, -0.25) is 5.32 Å². The zero-order valence-corrected chi connectivity index (χ0v) is 14.6. The first kappa shape index (κ1) is 17.0. The summed E-state index contributed by atoms with van der Waals surface area (Å²) in [7, 11) is 0. The largest absolute Gasteiger partial charge is 0.449 e. The third-order valence-corrected chi connectivity index (χ3v) is 5.33. The van der Waals surface area contributed by atoms with E-state index in [1.165, 1.54) is 18.9 Å². The molecule has 2 bridgehead atoms. The zero-order chi connectivity index (χ0) is 17.9. The molecule has 26 heavy (non-hydrogen) atoms. The van der Waals surface area contributed by atoms with Gasteiger partial charge in [0.25, 0.3) is 0 Å². The number of rotatable bonds is 4. The molecular weight excluding hydrogens is 331 g/mol. The monoisotopic (exact) mass is 354 g/mol. The molecule has 2 heterocycles. The molecule has 0 aliphatic carbocycles. The number of nitrogens with one attached hydrogen (secondary N) is 2. The minimum absolute atomic E-state index is 0.371. The van der Waals surface area contributed by atoms with Crippen LogP contribution in [0.25, 0.3) is 11.1 Å². The Balaban J connectivity index is 1.41. The van der Waals surface area contributed by atoms with Crippen molar-refractivity contribution >= 4 is 11.8 Å². The van der Waals surface area contributed by atoms with Crippen LogP contribution in [0.4, 0.5) is 14.9 Å². The van der Waals surface area contributed by atoms with E-state index in [2.05, 4.69) is 10.6 Å². The van der Waals surface area contributed by atoms with Gasteiger partial charge in [0.1, 0.15) is 5.82 Å². The Morgan fingerprint density at radius 1 is 1.08 bits per heavy atom. The highest BCUT2D eigenvalue weighted by molar-refractivity contribution is 5.91. The maximum Gasteiger partial charge on any atom is 0.411 e. The lowest BCUT2D eigenvalue weighted by atomic mass is 9.93. The first-order valence-electron chi connectivity index (χ1n) is 9.23. The van der Waals surface area contributed by atoms with Crippen LogP contribution in [-0.4, -0.2) is 24.8 Å². The van der Waals surface area contributed by atoms with E-state index >= 15 is 0 Å². The molecule has 2 unspecified atom stereocenters. The van der Waals surface area contributed by atoms with Gasteiger partial charge in [-0.2, -0.15) is 0 Å². The van der Waals surface area contributed by atoms with Crippen molar-refractivity contribution in [3.63, 3.8) is 0 Å². The van der Waals surface area contributed by atoms with E-state index in [1.54, 1.807) is 12.1 Å². The summed E-state index contributed by atoms with van der Waals surface area (Å²) in [5, 5.41) is 6.29. The Hall–Kier alpha value is -2.40. The van der Waals surface area contributed by atoms with Gasteiger partial charge in [0.2, 0.25) is 0 Å². The average molecular weight is 354 g/mol. The fourth-order valence-corrected chi connectivity index (χ4v) is 4.18. The molecule has 136 valence electrons. The van der Waals surface area contributed by atoms with Gasteiger partial charge in [-0.25, -0.2) is 9.18 Å². The number of hydrogen-bond acceptors (Lipinski definition) is 3. The molecule has 2 aromatic rings. The number of carbonyl (C=O) groups is 1. The number of amides is 1. The van der Waals surface area contributed by atoms with E-state index in [4.69, 9.17) is 4.74 Å². The first-order chi connectivity index (χ1) is 12.7. The summed E-state index contributed by atoms with van der Waals surface area (Å²) in [6.45, 7) is 0.413. The van der Waals surface area contributed by atoms with E-state index in [0.29, 0.717) is 35.9 Å². The smallest absolute Gasteiger partial charge is 0.411 e. The predicted octanol–water partition coefficient (Wildman–Crippen LogP) is 4.57. The lowest BCUT2D eigenvalue weighted by molar-refractivity contribution is 0.122. The van der Waals surface area contributed by atoms with E-state index < -0.39 is 6.09 Å². The molecule has 1 amide bonds. The fourth-order valence-electron chi connectivity index (χ4n) is 4.18. The molecule has 2 aliphatic heterocycles. The third kappa shape index (κ3) is 3.73. The second kappa shape index (κ2) is 7.46. The average Bonchev–Trinajstić information content (AvgIpc) is 2.99. The molecule has 0 spiro atoms. The van der Waals surface area contributed by atoms with E-state index in [9.17, 15) is 9.18 Å². The van der Waals surface area contributed by atoms with Gasteiger partial charge >= 0.3 is 6.09 Å². The number of anilines is 1. The molecular formula is C21H23FN2O2. The van der Waals surface area contributed by atoms with Gasteiger partial charge in [0, 0.05) is 17.6 Å². The summed E-state index contributed by atoms with van der Waals surface area (Å²) in [5.41, 5.74) is 1.52. The van der Waals surface area contributed by atoms with Crippen molar-refractivity contribution in [2.45, 2.75) is 37.8 Å². The summed E-state index contributed by atoms with van der Waals surface area (Å²) in [4.78, 5) is 12.3. The van der Waals surface area contributed by atoms with Crippen molar-refractivity contribution in [1.82, 2.24) is 5.32 Å². The van der Waals surface area contributed by atoms with Crippen molar-refractivity contribution < 1.29 is 13.9 Å². The second-order valence-electron chi connectivity index (χ2n) is 7.23. The second-order valence-corrected chi connectivity index (χ2v) is 7.23. The number of fused-ring (bicyclic) bond motifs is 2. The summed E-state index contributed by atoms with van der Waals surface area (Å²) in [5.74, 6) is 0.0320. The third-order valence-electron chi connectivity index (χ3n) is 5.33. The van der Waals surface area contributed by atoms with Crippen LogP contribution in [0.1, 0.15) is 25.7 Å². The number of ether oxygens (including phenoxy) is 1. The van der Waals surface area contributed by atoms with Crippen LogP contribution in [0, 0.1) is 11.7 Å². The first-order valence-corrected chi connectivity index (χ1v) is 9.23. The Morgan fingerprint density at radius 3 is 2.54 bits per heavy atom. The van der Waals surface area contributed by atoms with Crippen molar-refractivity contribution in [2.24, 2.45) is 5.92 Å². The molecule has 2 aliphatic rings. The van der Waals surface area contributed by atoms with Crippen LogP contribution in [0.5, 0.6) is 0 Å². The molecule has 0 saturated carbocycles. The van der Waals surface area contributed by atoms with Gasteiger partial charge < -0.3 is 10.1 Å². The molecule has 2 fully saturated rings. The molecule has 5 heteroatoms. The van der Waals surface area contributed by atoms with Gasteiger partial charge in [-0.1, -0.05) is 36.4 Å². The summed E-state index contributed by atoms with van der Waals surface area (Å²) in [6.07, 6.45) is 4.02. The number of benzene rings is 2. The van der Waals surface area contributed by atoms with Crippen LogP contribution in [0.15, 0.2) is 48.5 Å². The molecule has 2 atom stereocenters. The minimum Gasteiger partial charge on any atom is -0.449 e. The standard InChI is InChI=1S/C21H23FN2O2/c22-18-7-4-8-19(20(18)15-5-2-1-3-6-15)24-21(25)26-13-14-11-16-9-10-17(12-14)23-16/h1-8,14,16-17,23H,9-13H2,(H,24,25). The zero-order valence-electron chi connectivity index (χ0n) is 14.6. The highest BCUT2D eigenvalue weighted by Gasteiger charge is 2.33. The Morgan fingerprint density at radius 2 is 1.81 bits per heavy atom. The highest BCUT2D eigenvalue weighted by Crippen LogP contribution is 2.32. The summed E-state index contributed by atoms with van der Waals surface area (Å²) >= 11 is 0. The maximum absolute atomic E-state index is 14.4. The van der Waals surface area contributed by atoms with Gasteiger partial charge in [0.05, 0.1) is 12.3 Å². The number of piperidine rings is 1. The number of hydrogen-bond donors (Lipinski definition) is 2. The SMILES string of the molecule is O=C(Nc1cccc(F)c1-c1ccccc1)OCC1CC2CCC(C1)N2. The molecule has 0 aromatic heterocycles. The van der Waals surface area contributed by atoms with Crippen LogP contribution in [0.3, 0.4) is 0 Å². The van der Waals surface area contributed by atoms with Crippen LogP contribution < -0.4 is 10.6 Å². The molecule has 2 saturated heterocycles. The lowest BCUT2D eigenvalue weighted by Crippen LogP contribution is -2.39. The Labute approximate surface area is 152 Å². The quantitative estimate of drug-likeness (QED) is 0.845. The normalized spacial score (nSPS) is 24.3. The van der Waals surface area contributed by atoms with Crippen molar-refractivity contribution in [3.05, 3.63) is 54.3 Å². The van der Waals surface area contributed by atoms with Crippen LogP contribution in [0.2, 0.25) is 0 Å². The van der Waals surface area contributed by atoms with Gasteiger partial charge in [0.15, 0.2) is 0 Å². The molecule has 2 N–H and O–H groups in total. The van der Waals surface area contributed by atoms with E-state index in [-0.39, 0.29) is 5.82 Å². The van der Waals surface area contributed by atoms with Gasteiger partial charge in [-0.05, 0) is 49.3 Å². The Kier molecular flexibility index (Phi) is 4.89. The fraction of sp³-hybridized carbons (Fsp3) is 0.381. The number of carbonyl (C=O) groups excluding carboxylic acids is 1. The van der Waals surface area contributed by atoms with Crippen molar-refractivity contribution in [1.29, 1.82) is 0 Å². The summed E-state index contributed by atoms with van der Waals surface area (Å²) < 4.78 is 19.8. The van der Waals surface area contributed by atoms with Crippen LogP contribution in [-0.2, 0) is 4.74 Å². The van der Waals surface area contributed by atoms with Crippen molar-refractivity contribution in [3.8, 4) is 11.1 Å². The molecule has 4 nitrogen and oxygen atoms in total. The molecule has 4 rings (SSSR count). The lowest BCUT2D eigenvalue weighted by Gasteiger charge is -2.28. The summed E-state index contributed by atoms with van der Waals surface area (Å²) in [6, 6.07) is 15.0. The van der Waals surface area contributed by atoms with E-state index in [1.807, 2.05) is 30.3 Å². The van der Waals surface area contributed by atoms with Gasteiger partial charge in [-0.15, -0.1) is 0 Å². The molecule has 2 aromatic carbocycles. The minimum atomic E-state index is -0.529. The van der Waals surface area contributed by atoms with Crippen molar-refractivity contribution in [2.75, 3.05) is 11.9 Å². The molecule has 0 radical (unpaired) electrons.